The molecule has 2 fully saturated rings. The van der Waals surface area contributed by atoms with Gasteiger partial charge in [-0.1, -0.05) is 12.1 Å². The Morgan fingerprint density at radius 1 is 1.19 bits per heavy atom. The van der Waals surface area contributed by atoms with Crippen LogP contribution in [0, 0.1) is 12.3 Å². The van der Waals surface area contributed by atoms with E-state index in [0.717, 1.165) is 77.6 Å². The predicted octanol–water partition coefficient (Wildman–Crippen LogP) is 2.47. The van der Waals surface area contributed by atoms with Gasteiger partial charge >= 0.3 is 0 Å². The Labute approximate surface area is 211 Å². The first-order valence-electron chi connectivity index (χ1n) is 11.8. The lowest BCUT2D eigenvalue weighted by Gasteiger charge is -2.36. The van der Waals surface area contributed by atoms with E-state index >= 15 is 0 Å². The van der Waals surface area contributed by atoms with E-state index in [9.17, 15) is 5.11 Å². The molecule has 8 heteroatoms. The zero-order valence-electron chi connectivity index (χ0n) is 19.8. The molecule has 3 N–H and O–H groups in total. The fraction of sp³-hybridized carbons (Fsp3) is 0.708. The molecule has 1 unspecified atom stereocenters. The number of aliphatic imine (C=N–C) groups is 1. The molecule has 2 saturated heterocycles. The number of ether oxygens (including phenoxy) is 1. The summed E-state index contributed by atoms with van der Waals surface area (Å²) < 4.78 is 5.57. The number of nitrogens with zero attached hydrogens (tertiary/aromatic N) is 3. The molecule has 1 aromatic carbocycles. The van der Waals surface area contributed by atoms with Gasteiger partial charge in [-0.2, -0.15) is 0 Å². The van der Waals surface area contributed by atoms with Crippen LogP contribution in [0.5, 0.6) is 0 Å². The standard InChI is InChI=1S/C24H41N5O2.HI/c1-21-6-5-7-22(18-21)29-14-12-28(13-15-29)11-4-3-10-26-23(25-2)27-19-24(8-16-30)9-17-31-20-24;/h5-7,18,30H,3-4,8-17,19-20H2,1-2H3,(H2,25,26,27);1H. The first-order valence-corrected chi connectivity index (χ1v) is 11.8. The van der Waals surface area contributed by atoms with Crippen LogP contribution in [0.25, 0.3) is 0 Å². The van der Waals surface area contributed by atoms with E-state index in [-0.39, 0.29) is 36.0 Å². The van der Waals surface area contributed by atoms with Gasteiger partial charge < -0.3 is 25.4 Å². The molecule has 2 aliphatic heterocycles. The second kappa shape index (κ2) is 14.2. The number of anilines is 1. The number of hydrogen-bond acceptors (Lipinski definition) is 5. The van der Waals surface area contributed by atoms with Gasteiger partial charge in [0.1, 0.15) is 0 Å². The molecule has 0 aliphatic carbocycles. The maximum absolute atomic E-state index is 9.37. The van der Waals surface area contributed by atoms with E-state index in [0.29, 0.717) is 6.61 Å². The predicted molar refractivity (Wildman–Crippen MR) is 143 cm³/mol. The second-order valence-electron chi connectivity index (χ2n) is 9.00. The highest BCUT2D eigenvalue weighted by Gasteiger charge is 2.34. The van der Waals surface area contributed by atoms with E-state index in [1.54, 1.807) is 0 Å². The van der Waals surface area contributed by atoms with Crippen LogP contribution < -0.4 is 15.5 Å². The van der Waals surface area contributed by atoms with Crippen LogP contribution in [-0.4, -0.2) is 88.6 Å². The van der Waals surface area contributed by atoms with Crippen molar-refractivity contribution in [2.24, 2.45) is 10.4 Å². The summed E-state index contributed by atoms with van der Waals surface area (Å²) in [5, 5.41) is 16.2. The van der Waals surface area contributed by atoms with Gasteiger partial charge in [0, 0.05) is 70.6 Å². The van der Waals surface area contributed by atoms with Gasteiger partial charge in [0.05, 0.1) is 6.61 Å². The lowest BCUT2D eigenvalue weighted by Crippen LogP contribution is -2.47. The topological polar surface area (TPSA) is 72.4 Å². The van der Waals surface area contributed by atoms with Crippen LogP contribution in [0.4, 0.5) is 5.69 Å². The van der Waals surface area contributed by atoms with Gasteiger partial charge in [-0.15, -0.1) is 24.0 Å². The number of halogens is 1. The zero-order chi connectivity index (χ0) is 21.9. The molecule has 7 nitrogen and oxygen atoms in total. The first-order chi connectivity index (χ1) is 15.1. The smallest absolute Gasteiger partial charge is 0.190 e. The third-order valence-corrected chi connectivity index (χ3v) is 6.61. The maximum Gasteiger partial charge on any atom is 0.190 e. The van der Waals surface area contributed by atoms with Crippen molar-refractivity contribution in [1.29, 1.82) is 0 Å². The summed E-state index contributed by atoms with van der Waals surface area (Å²) in [6.45, 7) is 11.2. The summed E-state index contributed by atoms with van der Waals surface area (Å²) >= 11 is 0. The number of piperazine rings is 1. The SMILES string of the molecule is CN=C(NCCCCN1CCN(c2cccc(C)c2)CC1)NCC1(CCO)CCOC1.I. The Morgan fingerprint density at radius 2 is 2.00 bits per heavy atom. The van der Waals surface area contributed by atoms with Crippen LogP contribution in [-0.2, 0) is 4.74 Å². The maximum atomic E-state index is 9.37. The summed E-state index contributed by atoms with van der Waals surface area (Å²) in [5.74, 6) is 0.844. The fourth-order valence-corrected chi connectivity index (χ4v) is 4.53. The summed E-state index contributed by atoms with van der Waals surface area (Å²) in [5.41, 5.74) is 2.72. The molecular formula is C24H42IN5O2. The second-order valence-corrected chi connectivity index (χ2v) is 9.00. The Bertz CT molecular complexity index is 689. The molecule has 0 aromatic heterocycles. The van der Waals surface area contributed by atoms with E-state index in [2.05, 4.69) is 56.6 Å². The molecule has 0 radical (unpaired) electrons. The number of aliphatic hydroxyl groups excluding tert-OH is 1. The molecule has 0 bridgehead atoms. The Balaban J connectivity index is 0.00000363. The lowest BCUT2D eigenvalue weighted by atomic mass is 9.84. The van der Waals surface area contributed by atoms with Gasteiger partial charge in [-0.3, -0.25) is 9.89 Å². The van der Waals surface area contributed by atoms with E-state index in [4.69, 9.17) is 4.74 Å². The summed E-state index contributed by atoms with van der Waals surface area (Å²) in [6.07, 6.45) is 4.09. The lowest BCUT2D eigenvalue weighted by molar-refractivity contribution is 0.127. The Morgan fingerprint density at radius 3 is 2.66 bits per heavy atom. The number of aliphatic hydroxyl groups is 1. The van der Waals surface area contributed by atoms with E-state index < -0.39 is 0 Å². The number of guanidine groups is 1. The van der Waals surface area contributed by atoms with Crippen LogP contribution in [0.3, 0.4) is 0 Å². The van der Waals surface area contributed by atoms with Gasteiger partial charge in [0.25, 0.3) is 0 Å². The highest BCUT2D eigenvalue weighted by molar-refractivity contribution is 14.0. The highest BCUT2D eigenvalue weighted by atomic mass is 127. The van der Waals surface area contributed by atoms with Crippen molar-refractivity contribution in [1.82, 2.24) is 15.5 Å². The van der Waals surface area contributed by atoms with Gasteiger partial charge in [-0.25, -0.2) is 0 Å². The van der Waals surface area contributed by atoms with Crippen LogP contribution in [0.15, 0.2) is 29.3 Å². The van der Waals surface area contributed by atoms with Gasteiger partial charge in [0.2, 0.25) is 0 Å². The number of unbranched alkanes of at least 4 members (excludes halogenated alkanes) is 1. The molecule has 0 amide bonds. The van der Waals surface area contributed by atoms with Crippen molar-refractivity contribution < 1.29 is 9.84 Å². The molecule has 0 spiro atoms. The van der Waals surface area contributed by atoms with Crippen molar-refractivity contribution in [3.05, 3.63) is 29.8 Å². The number of benzene rings is 1. The third kappa shape index (κ3) is 8.35. The number of rotatable bonds is 10. The van der Waals surface area contributed by atoms with Crippen molar-refractivity contribution in [3.8, 4) is 0 Å². The Hall–Kier alpha value is -1.10. The molecule has 3 rings (SSSR count). The summed E-state index contributed by atoms with van der Waals surface area (Å²) in [7, 11) is 1.81. The van der Waals surface area contributed by atoms with Crippen molar-refractivity contribution in [2.45, 2.75) is 32.6 Å². The zero-order valence-corrected chi connectivity index (χ0v) is 22.1. The minimum absolute atomic E-state index is 0. The Kier molecular flexibility index (Phi) is 12.1. The molecule has 2 aliphatic rings. The fourth-order valence-electron chi connectivity index (χ4n) is 4.53. The monoisotopic (exact) mass is 559 g/mol. The number of aryl methyl sites for hydroxylation is 1. The van der Waals surface area contributed by atoms with Crippen LogP contribution >= 0.6 is 24.0 Å². The van der Waals surface area contributed by atoms with Crippen molar-refractivity contribution in [2.75, 3.05) is 77.6 Å². The molecule has 1 atom stereocenters. The van der Waals surface area contributed by atoms with Crippen LogP contribution in [0.1, 0.15) is 31.2 Å². The van der Waals surface area contributed by atoms with E-state index in [1.165, 1.54) is 17.7 Å². The van der Waals surface area contributed by atoms with Crippen molar-refractivity contribution >= 4 is 35.6 Å². The number of hydrogen-bond donors (Lipinski definition) is 3. The normalized spacial score (nSPS) is 22.0. The molecule has 0 saturated carbocycles. The molecular weight excluding hydrogens is 517 g/mol. The molecule has 32 heavy (non-hydrogen) atoms. The first kappa shape index (κ1) is 27.1. The molecule has 1 aromatic rings. The summed E-state index contributed by atoms with van der Waals surface area (Å²) in [6, 6.07) is 8.82. The third-order valence-electron chi connectivity index (χ3n) is 6.61. The quantitative estimate of drug-likeness (QED) is 0.177. The van der Waals surface area contributed by atoms with Crippen LogP contribution in [0.2, 0.25) is 0 Å². The largest absolute Gasteiger partial charge is 0.396 e. The van der Waals surface area contributed by atoms with Gasteiger partial charge in [0.15, 0.2) is 5.96 Å². The minimum Gasteiger partial charge on any atom is -0.396 e. The van der Waals surface area contributed by atoms with E-state index in [1.807, 2.05) is 7.05 Å². The minimum atomic E-state index is 0. The van der Waals surface area contributed by atoms with Crippen molar-refractivity contribution in [3.63, 3.8) is 0 Å². The highest BCUT2D eigenvalue weighted by Crippen LogP contribution is 2.31. The average Bonchev–Trinajstić information content (AvgIpc) is 3.25. The molecule has 2 heterocycles. The van der Waals surface area contributed by atoms with Gasteiger partial charge in [-0.05, 0) is 56.8 Å². The summed E-state index contributed by atoms with van der Waals surface area (Å²) in [4.78, 5) is 9.43. The number of nitrogens with one attached hydrogen (secondary N) is 2. The average molecular weight is 560 g/mol. The molecule has 182 valence electrons.